The summed E-state index contributed by atoms with van der Waals surface area (Å²) in [6.45, 7) is 5.61. The second-order valence-electron chi connectivity index (χ2n) is 4.87. The van der Waals surface area contributed by atoms with Gasteiger partial charge in [0.15, 0.2) is 0 Å². The summed E-state index contributed by atoms with van der Waals surface area (Å²) in [5, 5.41) is 2.37. The van der Waals surface area contributed by atoms with Crippen LogP contribution in [0.1, 0.15) is 30.9 Å². The van der Waals surface area contributed by atoms with Crippen LogP contribution in [0.2, 0.25) is 0 Å². The third kappa shape index (κ3) is 4.41. The van der Waals surface area contributed by atoms with Gasteiger partial charge < -0.3 is 10.1 Å². The molecule has 2 N–H and O–H groups in total. The Bertz CT molecular complexity index is 609. The van der Waals surface area contributed by atoms with E-state index in [4.69, 9.17) is 4.74 Å². The highest BCUT2D eigenvalue weighted by atomic mass is 32.2. The molecule has 0 aliphatic carbocycles. The number of carbonyl (C=O) groups is 1. The minimum atomic E-state index is -3.36. The number of benzene rings is 1. The van der Waals surface area contributed by atoms with Gasteiger partial charge in [-0.05, 0) is 36.1 Å². The maximum absolute atomic E-state index is 11.4. The van der Waals surface area contributed by atoms with Crippen molar-refractivity contribution >= 4 is 21.8 Å². The summed E-state index contributed by atoms with van der Waals surface area (Å²) in [6, 6.07) is 3.34. The average Bonchev–Trinajstić information content (AvgIpc) is 2.29. The third-order valence-electron chi connectivity index (χ3n) is 2.67. The van der Waals surface area contributed by atoms with Gasteiger partial charge in [0, 0.05) is 7.05 Å². The number of hydrogen-bond donors (Lipinski definition) is 2. The molecule has 1 rings (SSSR count). The van der Waals surface area contributed by atoms with Crippen LogP contribution < -0.4 is 14.8 Å². The van der Waals surface area contributed by atoms with E-state index in [0.29, 0.717) is 17.0 Å². The predicted molar refractivity (Wildman–Crippen MR) is 78.8 cm³/mol. The minimum Gasteiger partial charge on any atom is -0.410 e. The van der Waals surface area contributed by atoms with Crippen LogP contribution in [0.4, 0.5) is 10.5 Å². The van der Waals surface area contributed by atoms with E-state index in [1.807, 2.05) is 13.8 Å². The van der Waals surface area contributed by atoms with E-state index in [2.05, 4.69) is 10.0 Å². The quantitative estimate of drug-likeness (QED) is 0.893. The van der Waals surface area contributed by atoms with Crippen LogP contribution in [0, 0.1) is 6.92 Å². The molecule has 0 radical (unpaired) electrons. The molecule has 1 aromatic rings. The fourth-order valence-corrected chi connectivity index (χ4v) is 2.31. The standard InChI is InChI=1S/C13H20N2O4S/c1-8(2)10-7-12(19-13(16)14-4)9(3)6-11(10)15-20(5,17)18/h6-8,15H,1-5H3,(H,14,16). The highest BCUT2D eigenvalue weighted by Gasteiger charge is 2.15. The number of carbonyl (C=O) groups excluding carboxylic acids is 1. The van der Waals surface area contributed by atoms with Crippen molar-refractivity contribution in [2.45, 2.75) is 26.7 Å². The van der Waals surface area contributed by atoms with Gasteiger partial charge in [-0.2, -0.15) is 0 Å². The van der Waals surface area contributed by atoms with E-state index in [1.165, 1.54) is 7.05 Å². The number of aryl methyl sites for hydroxylation is 1. The van der Waals surface area contributed by atoms with Gasteiger partial charge in [0.2, 0.25) is 10.0 Å². The van der Waals surface area contributed by atoms with Crippen molar-refractivity contribution in [1.82, 2.24) is 5.32 Å². The Hall–Kier alpha value is -1.76. The lowest BCUT2D eigenvalue weighted by atomic mass is 9.99. The summed E-state index contributed by atoms with van der Waals surface area (Å²) in [4.78, 5) is 11.3. The van der Waals surface area contributed by atoms with E-state index in [9.17, 15) is 13.2 Å². The van der Waals surface area contributed by atoms with Crippen molar-refractivity contribution in [3.63, 3.8) is 0 Å². The van der Waals surface area contributed by atoms with Gasteiger partial charge >= 0.3 is 6.09 Å². The fraction of sp³-hybridized carbons (Fsp3) is 0.462. The first-order valence-electron chi connectivity index (χ1n) is 6.16. The first-order chi connectivity index (χ1) is 9.14. The van der Waals surface area contributed by atoms with Crippen molar-refractivity contribution in [3.8, 4) is 5.75 Å². The Morgan fingerprint density at radius 1 is 1.30 bits per heavy atom. The molecular weight excluding hydrogens is 280 g/mol. The van der Waals surface area contributed by atoms with E-state index in [0.717, 1.165) is 11.8 Å². The SMILES string of the molecule is CNC(=O)Oc1cc(C(C)C)c(NS(C)(=O)=O)cc1C. The summed E-state index contributed by atoms with van der Waals surface area (Å²) in [5.74, 6) is 0.485. The largest absolute Gasteiger partial charge is 0.412 e. The summed E-state index contributed by atoms with van der Waals surface area (Å²) < 4.78 is 30.4. The van der Waals surface area contributed by atoms with Crippen LogP contribution in [0.3, 0.4) is 0 Å². The summed E-state index contributed by atoms with van der Waals surface area (Å²) in [6.07, 6.45) is 0.535. The molecule has 0 aliphatic rings. The minimum absolute atomic E-state index is 0.0758. The molecule has 6 nitrogen and oxygen atoms in total. The molecule has 0 atom stereocenters. The molecule has 0 bridgehead atoms. The topological polar surface area (TPSA) is 84.5 Å². The number of nitrogens with one attached hydrogen (secondary N) is 2. The van der Waals surface area contributed by atoms with Crippen molar-refractivity contribution < 1.29 is 17.9 Å². The molecule has 0 fully saturated rings. The van der Waals surface area contributed by atoms with Crippen LogP contribution in [-0.2, 0) is 10.0 Å². The average molecular weight is 300 g/mol. The fourth-order valence-electron chi connectivity index (χ4n) is 1.73. The zero-order valence-corrected chi connectivity index (χ0v) is 13.1. The Labute approximate surface area is 119 Å². The molecule has 0 saturated carbocycles. The number of rotatable bonds is 4. The lowest BCUT2D eigenvalue weighted by molar-refractivity contribution is 0.202. The Kier molecular flexibility index (Phi) is 4.99. The molecule has 1 amide bonds. The molecule has 0 unspecified atom stereocenters. The van der Waals surface area contributed by atoms with Crippen molar-refractivity contribution in [1.29, 1.82) is 0 Å². The number of amides is 1. The molecule has 0 saturated heterocycles. The summed E-state index contributed by atoms with van der Waals surface area (Å²) in [7, 11) is -1.89. The van der Waals surface area contributed by atoms with Gasteiger partial charge in [-0.25, -0.2) is 13.2 Å². The summed E-state index contributed by atoms with van der Waals surface area (Å²) in [5.41, 5.74) is 1.94. The lowest BCUT2D eigenvalue weighted by Gasteiger charge is -2.17. The number of ether oxygens (including phenoxy) is 1. The van der Waals surface area contributed by atoms with Crippen LogP contribution in [0.25, 0.3) is 0 Å². The van der Waals surface area contributed by atoms with Gasteiger partial charge in [0.05, 0.1) is 11.9 Å². The molecule has 1 aromatic carbocycles. The zero-order valence-electron chi connectivity index (χ0n) is 12.3. The van der Waals surface area contributed by atoms with Gasteiger partial charge in [0.25, 0.3) is 0 Å². The molecule has 20 heavy (non-hydrogen) atoms. The Morgan fingerprint density at radius 2 is 1.90 bits per heavy atom. The first kappa shape index (κ1) is 16.3. The third-order valence-corrected chi connectivity index (χ3v) is 3.26. The maximum Gasteiger partial charge on any atom is 0.412 e. The van der Waals surface area contributed by atoms with Gasteiger partial charge in [-0.3, -0.25) is 4.72 Å². The van der Waals surface area contributed by atoms with Crippen LogP contribution in [0.15, 0.2) is 12.1 Å². The molecule has 0 aliphatic heterocycles. The van der Waals surface area contributed by atoms with Crippen LogP contribution >= 0.6 is 0 Å². The monoisotopic (exact) mass is 300 g/mol. The predicted octanol–water partition coefficient (Wildman–Crippen LogP) is 2.21. The maximum atomic E-state index is 11.4. The van der Waals surface area contributed by atoms with Crippen molar-refractivity contribution in [3.05, 3.63) is 23.3 Å². The van der Waals surface area contributed by atoms with E-state index < -0.39 is 16.1 Å². The number of hydrogen-bond acceptors (Lipinski definition) is 4. The molecule has 112 valence electrons. The van der Waals surface area contributed by atoms with Gasteiger partial charge in [-0.15, -0.1) is 0 Å². The summed E-state index contributed by atoms with van der Waals surface area (Å²) >= 11 is 0. The van der Waals surface area contributed by atoms with E-state index in [-0.39, 0.29) is 5.92 Å². The Balaban J connectivity index is 3.28. The number of anilines is 1. The second kappa shape index (κ2) is 6.13. The highest BCUT2D eigenvalue weighted by Crippen LogP contribution is 2.32. The van der Waals surface area contributed by atoms with E-state index >= 15 is 0 Å². The molecule has 0 aromatic heterocycles. The lowest BCUT2D eigenvalue weighted by Crippen LogP contribution is -2.22. The highest BCUT2D eigenvalue weighted by molar-refractivity contribution is 7.92. The van der Waals surface area contributed by atoms with E-state index in [1.54, 1.807) is 19.1 Å². The molecule has 0 heterocycles. The second-order valence-corrected chi connectivity index (χ2v) is 6.62. The normalized spacial score (nSPS) is 11.3. The zero-order chi connectivity index (χ0) is 15.5. The van der Waals surface area contributed by atoms with Crippen molar-refractivity contribution in [2.24, 2.45) is 0 Å². The number of sulfonamides is 1. The van der Waals surface area contributed by atoms with Crippen LogP contribution in [-0.4, -0.2) is 27.8 Å². The Morgan fingerprint density at radius 3 is 2.35 bits per heavy atom. The van der Waals surface area contributed by atoms with Crippen molar-refractivity contribution in [2.75, 3.05) is 18.0 Å². The molecular formula is C13H20N2O4S. The molecule has 0 spiro atoms. The van der Waals surface area contributed by atoms with Crippen LogP contribution in [0.5, 0.6) is 5.75 Å². The van der Waals surface area contributed by atoms with Gasteiger partial charge in [-0.1, -0.05) is 13.8 Å². The smallest absolute Gasteiger partial charge is 0.410 e. The first-order valence-corrected chi connectivity index (χ1v) is 8.05. The van der Waals surface area contributed by atoms with Gasteiger partial charge in [0.1, 0.15) is 5.75 Å². The molecule has 7 heteroatoms.